The minimum Gasteiger partial charge on any atom is -0.334 e. The fourth-order valence-corrected chi connectivity index (χ4v) is 2.79. The second-order valence-electron chi connectivity index (χ2n) is 5.69. The summed E-state index contributed by atoms with van der Waals surface area (Å²) in [4.78, 5) is 14.6. The first kappa shape index (κ1) is 17.2. The highest BCUT2D eigenvalue weighted by atomic mass is 79.9. The van der Waals surface area contributed by atoms with E-state index in [1.54, 1.807) is 4.90 Å². The number of amides is 2. The molecular formula is C21H19BrN2O. The zero-order valence-electron chi connectivity index (χ0n) is 13.7. The number of halogens is 1. The molecule has 126 valence electrons. The van der Waals surface area contributed by atoms with E-state index in [1.165, 1.54) is 0 Å². The molecule has 0 saturated carbocycles. The van der Waals surface area contributed by atoms with Crippen LogP contribution in [0.3, 0.4) is 0 Å². The van der Waals surface area contributed by atoms with Crippen molar-refractivity contribution < 1.29 is 4.79 Å². The van der Waals surface area contributed by atoms with Gasteiger partial charge in [0.25, 0.3) is 0 Å². The van der Waals surface area contributed by atoms with Crippen LogP contribution < -0.4 is 10.2 Å². The van der Waals surface area contributed by atoms with Crippen molar-refractivity contribution in [2.45, 2.75) is 13.1 Å². The number of carbonyl (C=O) groups excluding carboxylic acids is 1. The predicted octanol–water partition coefficient (Wildman–Crippen LogP) is 5.37. The monoisotopic (exact) mass is 394 g/mol. The van der Waals surface area contributed by atoms with Crippen molar-refractivity contribution in [1.29, 1.82) is 0 Å². The summed E-state index contributed by atoms with van der Waals surface area (Å²) < 4.78 is 1.03. The molecule has 0 bridgehead atoms. The molecule has 3 aromatic rings. The number of benzene rings is 3. The minimum atomic E-state index is -0.113. The molecule has 0 aromatic heterocycles. The quantitative estimate of drug-likeness (QED) is 0.619. The van der Waals surface area contributed by atoms with E-state index in [9.17, 15) is 4.79 Å². The van der Waals surface area contributed by atoms with Gasteiger partial charge in [0.1, 0.15) is 0 Å². The van der Waals surface area contributed by atoms with E-state index in [0.29, 0.717) is 13.1 Å². The van der Waals surface area contributed by atoms with Crippen molar-refractivity contribution in [3.63, 3.8) is 0 Å². The van der Waals surface area contributed by atoms with Gasteiger partial charge in [-0.15, -0.1) is 0 Å². The highest BCUT2D eigenvalue weighted by Crippen LogP contribution is 2.17. The Bertz CT molecular complexity index is 804. The Morgan fingerprint density at radius 1 is 0.800 bits per heavy atom. The lowest BCUT2D eigenvalue weighted by molar-refractivity contribution is 0.245. The lowest BCUT2D eigenvalue weighted by Crippen LogP contribution is -2.39. The van der Waals surface area contributed by atoms with Gasteiger partial charge in [-0.05, 0) is 35.4 Å². The third-order valence-electron chi connectivity index (χ3n) is 3.85. The van der Waals surface area contributed by atoms with Gasteiger partial charge < -0.3 is 5.32 Å². The van der Waals surface area contributed by atoms with Gasteiger partial charge >= 0.3 is 6.03 Å². The van der Waals surface area contributed by atoms with Crippen molar-refractivity contribution in [2.24, 2.45) is 0 Å². The molecule has 0 fully saturated rings. The maximum absolute atomic E-state index is 12.8. The number of hydrogen-bond donors (Lipinski definition) is 1. The summed E-state index contributed by atoms with van der Waals surface area (Å²) >= 11 is 3.42. The van der Waals surface area contributed by atoms with Gasteiger partial charge in [-0.3, -0.25) is 4.90 Å². The van der Waals surface area contributed by atoms with Crippen LogP contribution in [-0.4, -0.2) is 6.03 Å². The van der Waals surface area contributed by atoms with Crippen LogP contribution in [0.2, 0.25) is 0 Å². The first-order valence-electron chi connectivity index (χ1n) is 8.11. The standard InChI is InChI=1S/C21H19BrN2O/c22-19-13-11-17(12-14-19)15-23-21(25)24(20-9-5-2-6-10-20)16-18-7-3-1-4-8-18/h1-14H,15-16H2,(H,23,25). The molecule has 0 saturated heterocycles. The fourth-order valence-electron chi connectivity index (χ4n) is 2.53. The number of nitrogens with zero attached hydrogens (tertiary/aromatic N) is 1. The number of anilines is 1. The van der Waals surface area contributed by atoms with Crippen LogP contribution in [0.5, 0.6) is 0 Å². The Labute approximate surface area is 156 Å². The van der Waals surface area contributed by atoms with Crippen LogP contribution in [0.15, 0.2) is 89.4 Å². The smallest absolute Gasteiger partial charge is 0.322 e. The summed E-state index contributed by atoms with van der Waals surface area (Å²) in [5.41, 5.74) is 3.02. The van der Waals surface area contributed by atoms with E-state index in [0.717, 1.165) is 21.3 Å². The molecule has 3 aromatic carbocycles. The zero-order valence-corrected chi connectivity index (χ0v) is 15.3. The molecule has 0 aliphatic heterocycles. The SMILES string of the molecule is O=C(NCc1ccc(Br)cc1)N(Cc1ccccc1)c1ccccc1. The topological polar surface area (TPSA) is 32.3 Å². The van der Waals surface area contributed by atoms with Crippen LogP contribution in [0.25, 0.3) is 0 Å². The number of rotatable bonds is 5. The summed E-state index contributed by atoms with van der Waals surface area (Å²) in [6.07, 6.45) is 0. The van der Waals surface area contributed by atoms with Crippen molar-refractivity contribution in [3.05, 3.63) is 101 Å². The molecule has 2 amide bonds. The third kappa shape index (κ3) is 4.94. The van der Waals surface area contributed by atoms with Gasteiger partial charge in [0.05, 0.1) is 6.54 Å². The summed E-state index contributed by atoms with van der Waals surface area (Å²) in [6.45, 7) is 1.02. The number of nitrogens with one attached hydrogen (secondary N) is 1. The third-order valence-corrected chi connectivity index (χ3v) is 4.38. The first-order chi connectivity index (χ1) is 12.2. The minimum absolute atomic E-state index is 0.113. The molecular weight excluding hydrogens is 376 g/mol. The number of para-hydroxylation sites is 1. The van der Waals surface area contributed by atoms with E-state index in [-0.39, 0.29) is 6.03 Å². The summed E-state index contributed by atoms with van der Waals surface area (Å²) in [5.74, 6) is 0. The van der Waals surface area contributed by atoms with Crippen LogP contribution in [-0.2, 0) is 13.1 Å². The maximum Gasteiger partial charge on any atom is 0.322 e. The Morgan fingerprint density at radius 3 is 2.04 bits per heavy atom. The number of carbonyl (C=O) groups is 1. The van der Waals surface area contributed by atoms with Crippen molar-refractivity contribution in [3.8, 4) is 0 Å². The normalized spacial score (nSPS) is 10.3. The Balaban J connectivity index is 1.74. The molecule has 3 nitrogen and oxygen atoms in total. The van der Waals surface area contributed by atoms with Gasteiger partial charge in [-0.25, -0.2) is 4.79 Å². The van der Waals surface area contributed by atoms with E-state index in [1.807, 2.05) is 84.9 Å². The fraction of sp³-hybridized carbons (Fsp3) is 0.0952. The van der Waals surface area contributed by atoms with Gasteiger partial charge in [0.15, 0.2) is 0 Å². The largest absolute Gasteiger partial charge is 0.334 e. The Kier molecular flexibility index (Phi) is 5.86. The van der Waals surface area contributed by atoms with E-state index in [4.69, 9.17) is 0 Å². The van der Waals surface area contributed by atoms with E-state index >= 15 is 0 Å². The summed E-state index contributed by atoms with van der Waals surface area (Å²) in [6, 6.07) is 27.5. The summed E-state index contributed by atoms with van der Waals surface area (Å²) in [5, 5.41) is 3.01. The molecule has 3 rings (SSSR count). The number of urea groups is 1. The number of hydrogen-bond acceptors (Lipinski definition) is 1. The van der Waals surface area contributed by atoms with Gasteiger partial charge in [-0.1, -0.05) is 76.6 Å². The Hall–Kier alpha value is -2.59. The highest BCUT2D eigenvalue weighted by Gasteiger charge is 2.15. The van der Waals surface area contributed by atoms with Gasteiger partial charge in [0.2, 0.25) is 0 Å². The molecule has 4 heteroatoms. The van der Waals surface area contributed by atoms with E-state index < -0.39 is 0 Å². The molecule has 0 unspecified atom stereocenters. The summed E-state index contributed by atoms with van der Waals surface area (Å²) in [7, 11) is 0. The second-order valence-corrected chi connectivity index (χ2v) is 6.61. The van der Waals surface area contributed by atoms with Crippen LogP contribution in [0.1, 0.15) is 11.1 Å². The van der Waals surface area contributed by atoms with Crippen molar-refractivity contribution in [2.75, 3.05) is 4.90 Å². The van der Waals surface area contributed by atoms with Gasteiger partial charge in [-0.2, -0.15) is 0 Å². The molecule has 0 radical (unpaired) electrons. The van der Waals surface area contributed by atoms with Crippen molar-refractivity contribution >= 4 is 27.6 Å². The van der Waals surface area contributed by atoms with Crippen LogP contribution >= 0.6 is 15.9 Å². The lowest BCUT2D eigenvalue weighted by Gasteiger charge is -2.23. The van der Waals surface area contributed by atoms with Crippen molar-refractivity contribution in [1.82, 2.24) is 5.32 Å². The first-order valence-corrected chi connectivity index (χ1v) is 8.90. The van der Waals surface area contributed by atoms with Crippen LogP contribution in [0, 0.1) is 0 Å². The maximum atomic E-state index is 12.8. The molecule has 1 N–H and O–H groups in total. The molecule has 0 aliphatic rings. The molecule has 0 aliphatic carbocycles. The average molecular weight is 395 g/mol. The predicted molar refractivity (Wildman–Crippen MR) is 105 cm³/mol. The zero-order chi connectivity index (χ0) is 17.5. The highest BCUT2D eigenvalue weighted by molar-refractivity contribution is 9.10. The van der Waals surface area contributed by atoms with Gasteiger partial charge in [0, 0.05) is 16.7 Å². The molecule has 0 heterocycles. The molecule has 0 spiro atoms. The lowest BCUT2D eigenvalue weighted by atomic mass is 10.2. The molecule has 0 atom stereocenters. The van der Waals surface area contributed by atoms with Crippen LogP contribution in [0.4, 0.5) is 10.5 Å². The Morgan fingerprint density at radius 2 is 1.40 bits per heavy atom. The second kappa shape index (κ2) is 8.49. The average Bonchev–Trinajstić information content (AvgIpc) is 2.67. The molecule has 25 heavy (non-hydrogen) atoms. The van der Waals surface area contributed by atoms with E-state index in [2.05, 4.69) is 21.2 Å².